The molecule has 0 heterocycles. The highest BCUT2D eigenvalue weighted by Gasteiger charge is 2.50. The molecule has 3 heteroatoms. The minimum Gasteiger partial charge on any atom is -0.234 e. The van der Waals surface area contributed by atoms with Crippen LogP contribution in [0.4, 0.5) is 0 Å². The fourth-order valence-electron chi connectivity index (χ4n) is 5.00. The lowest BCUT2D eigenvalue weighted by Gasteiger charge is -2.56. The lowest BCUT2D eigenvalue weighted by Crippen LogP contribution is -2.46. The van der Waals surface area contributed by atoms with E-state index in [9.17, 15) is 4.21 Å². The zero-order chi connectivity index (χ0) is 13.7. The predicted molar refractivity (Wildman–Crippen MR) is 81.6 cm³/mol. The first-order valence-electron chi connectivity index (χ1n) is 7.81. The second-order valence-electron chi connectivity index (χ2n) is 8.27. The van der Waals surface area contributed by atoms with E-state index in [0.717, 1.165) is 24.2 Å². The third kappa shape index (κ3) is 2.81. The summed E-state index contributed by atoms with van der Waals surface area (Å²) in [7, 11) is -1.08. The second kappa shape index (κ2) is 4.68. The molecule has 0 radical (unpaired) electrons. The largest absolute Gasteiger partial charge is 0.234 e. The van der Waals surface area contributed by atoms with Crippen molar-refractivity contribution in [2.75, 3.05) is 0 Å². The number of hydrogen-bond donors (Lipinski definition) is 0. The summed E-state index contributed by atoms with van der Waals surface area (Å²) in [6, 6.07) is 0. The highest BCUT2D eigenvalue weighted by molar-refractivity contribution is 7.85. The van der Waals surface area contributed by atoms with Crippen molar-refractivity contribution in [1.82, 2.24) is 0 Å². The third-order valence-electron chi connectivity index (χ3n) is 5.38. The van der Waals surface area contributed by atoms with E-state index in [1.807, 2.05) is 27.0 Å². The average molecular weight is 281 g/mol. The van der Waals surface area contributed by atoms with Gasteiger partial charge in [-0.25, -0.2) is 4.21 Å². The summed E-state index contributed by atoms with van der Waals surface area (Å²) >= 11 is 0. The first-order chi connectivity index (χ1) is 8.86. The van der Waals surface area contributed by atoms with Crippen LogP contribution in [0.5, 0.6) is 0 Å². The Kier molecular flexibility index (Phi) is 3.40. The summed E-state index contributed by atoms with van der Waals surface area (Å²) in [5.74, 6) is 2.98. The Labute approximate surface area is 120 Å². The van der Waals surface area contributed by atoms with Crippen molar-refractivity contribution in [3.8, 4) is 0 Å². The van der Waals surface area contributed by atoms with Crippen LogP contribution >= 0.6 is 0 Å². The Morgan fingerprint density at radius 1 is 1.11 bits per heavy atom. The minimum absolute atomic E-state index is 0.224. The lowest BCUT2D eigenvalue weighted by molar-refractivity contribution is -0.0475. The fraction of sp³-hybridized carbons (Fsp3) is 0.938. The zero-order valence-electron chi connectivity index (χ0n) is 12.5. The maximum atomic E-state index is 12.0. The molecule has 0 spiro atoms. The van der Waals surface area contributed by atoms with Crippen LogP contribution in [0.1, 0.15) is 65.7 Å². The molecule has 4 rings (SSSR count). The van der Waals surface area contributed by atoms with E-state index >= 15 is 0 Å². The van der Waals surface area contributed by atoms with Crippen LogP contribution in [0.3, 0.4) is 0 Å². The Bertz CT molecular complexity index is 372. The van der Waals surface area contributed by atoms with Crippen LogP contribution in [-0.2, 0) is 11.0 Å². The monoisotopic (exact) mass is 281 g/mol. The molecule has 0 unspecified atom stereocenters. The quantitative estimate of drug-likeness (QED) is 0.715. The highest BCUT2D eigenvalue weighted by Crippen LogP contribution is 2.61. The molecule has 4 fully saturated rings. The first kappa shape index (κ1) is 13.8. The van der Waals surface area contributed by atoms with E-state index < -0.39 is 11.0 Å². The average Bonchev–Trinajstić information content (AvgIpc) is 2.25. The van der Waals surface area contributed by atoms with Gasteiger partial charge in [-0.05, 0) is 88.9 Å². The van der Waals surface area contributed by atoms with Gasteiger partial charge in [0.2, 0.25) is 0 Å². The number of rotatable bonds is 3. The van der Waals surface area contributed by atoms with Crippen molar-refractivity contribution < 1.29 is 4.21 Å². The maximum Gasteiger partial charge on any atom is 0.144 e. The van der Waals surface area contributed by atoms with Crippen molar-refractivity contribution in [2.24, 2.45) is 27.6 Å². The van der Waals surface area contributed by atoms with Gasteiger partial charge >= 0.3 is 0 Å². The SMILES string of the molecule is CC(C)(C)[S@](=O)/N=C/CC12CC3CC(CC(C3)C1)C2. The van der Waals surface area contributed by atoms with Crippen molar-refractivity contribution in [3.63, 3.8) is 0 Å². The standard InChI is InChI=1S/C16H27NOS/c1-15(2,3)19(18)17-5-4-16-9-12-6-13(10-16)8-14(7-12)11-16/h5,12-14H,4,6-11H2,1-3H3/b17-5+/t12?,13?,14?,16?,19-/m0/s1. The van der Waals surface area contributed by atoms with Crippen LogP contribution in [-0.4, -0.2) is 15.2 Å². The molecule has 0 aliphatic heterocycles. The van der Waals surface area contributed by atoms with E-state index in [1.54, 1.807) is 0 Å². The van der Waals surface area contributed by atoms with Gasteiger partial charge in [0.15, 0.2) is 0 Å². The molecule has 4 saturated carbocycles. The fourth-order valence-corrected chi connectivity index (χ4v) is 5.52. The van der Waals surface area contributed by atoms with Crippen molar-refractivity contribution >= 4 is 17.2 Å². The Morgan fingerprint density at radius 3 is 2.00 bits per heavy atom. The van der Waals surface area contributed by atoms with Gasteiger partial charge in [0.1, 0.15) is 11.0 Å². The molecule has 0 N–H and O–H groups in total. The normalized spacial score (nSPS) is 43.0. The molecule has 108 valence electrons. The molecule has 4 aliphatic carbocycles. The van der Waals surface area contributed by atoms with Crippen molar-refractivity contribution in [1.29, 1.82) is 0 Å². The van der Waals surface area contributed by atoms with Gasteiger partial charge < -0.3 is 0 Å². The van der Waals surface area contributed by atoms with Crippen LogP contribution < -0.4 is 0 Å². The molecule has 2 nitrogen and oxygen atoms in total. The molecular formula is C16H27NOS. The van der Waals surface area contributed by atoms with Crippen LogP contribution in [0.25, 0.3) is 0 Å². The van der Waals surface area contributed by atoms with E-state index in [1.165, 1.54) is 38.5 Å². The van der Waals surface area contributed by atoms with E-state index in [0.29, 0.717) is 5.41 Å². The summed E-state index contributed by atoms with van der Waals surface area (Å²) in [6.07, 6.45) is 11.8. The first-order valence-corrected chi connectivity index (χ1v) is 8.91. The summed E-state index contributed by atoms with van der Waals surface area (Å²) < 4.78 is 16.1. The van der Waals surface area contributed by atoms with Gasteiger partial charge in [-0.15, -0.1) is 0 Å². The molecule has 0 aromatic heterocycles. The van der Waals surface area contributed by atoms with Crippen molar-refractivity contribution in [3.05, 3.63) is 0 Å². The van der Waals surface area contributed by atoms with Gasteiger partial charge in [-0.2, -0.15) is 4.40 Å². The van der Waals surface area contributed by atoms with Gasteiger partial charge in [-0.3, -0.25) is 0 Å². The van der Waals surface area contributed by atoms with Gasteiger partial charge in [0, 0.05) is 6.21 Å². The zero-order valence-corrected chi connectivity index (χ0v) is 13.3. The third-order valence-corrected chi connectivity index (χ3v) is 6.77. The van der Waals surface area contributed by atoms with E-state index in [4.69, 9.17) is 0 Å². The molecule has 0 aromatic rings. The molecule has 0 aromatic carbocycles. The summed E-state index contributed by atoms with van der Waals surface area (Å²) in [6.45, 7) is 5.97. The molecule has 0 saturated heterocycles. The molecule has 4 aliphatic rings. The van der Waals surface area contributed by atoms with E-state index in [2.05, 4.69) is 4.40 Å². The molecule has 0 amide bonds. The van der Waals surface area contributed by atoms with Crippen LogP contribution in [0.2, 0.25) is 0 Å². The van der Waals surface area contributed by atoms with Gasteiger partial charge in [0.25, 0.3) is 0 Å². The second-order valence-corrected chi connectivity index (χ2v) is 10.2. The minimum atomic E-state index is -1.08. The van der Waals surface area contributed by atoms with Crippen LogP contribution in [0.15, 0.2) is 4.40 Å². The Balaban J connectivity index is 1.64. The van der Waals surface area contributed by atoms with Gasteiger partial charge in [0.05, 0.1) is 4.75 Å². The Morgan fingerprint density at radius 2 is 1.58 bits per heavy atom. The molecule has 1 atom stereocenters. The lowest BCUT2D eigenvalue weighted by atomic mass is 9.49. The molecular weight excluding hydrogens is 254 g/mol. The van der Waals surface area contributed by atoms with Crippen molar-refractivity contribution in [2.45, 2.75) is 70.5 Å². The Hall–Kier alpha value is -0.180. The van der Waals surface area contributed by atoms with Crippen LogP contribution in [0, 0.1) is 23.2 Å². The maximum absolute atomic E-state index is 12.0. The van der Waals surface area contributed by atoms with Gasteiger partial charge in [-0.1, -0.05) is 0 Å². The molecule has 4 bridgehead atoms. The smallest absolute Gasteiger partial charge is 0.144 e. The summed E-state index contributed by atoms with van der Waals surface area (Å²) in [5, 5.41) is 0. The predicted octanol–water partition coefficient (Wildman–Crippen LogP) is 4.13. The number of hydrogen-bond acceptors (Lipinski definition) is 1. The topological polar surface area (TPSA) is 29.4 Å². The molecule has 19 heavy (non-hydrogen) atoms. The van der Waals surface area contributed by atoms with E-state index in [-0.39, 0.29) is 4.75 Å². The highest BCUT2D eigenvalue weighted by atomic mass is 32.2. The summed E-state index contributed by atoms with van der Waals surface area (Å²) in [4.78, 5) is 0. The summed E-state index contributed by atoms with van der Waals surface area (Å²) in [5.41, 5.74) is 0.528. The number of nitrogens with zero attached hydrogens (tertiary/aromatic N) is 1.